The largest absolute Gasteiger partial charge is 0.493 e. The van der Waals surface area contributed by atoms with Gasteiger partial charge in [-0.15, -0.1) is 0 Å². The third-order valence-electron chi connectivity index (χ3n) is 2.39. The molecule has 1 aliphatic heterocycles. The highest BCUT2D eigenvalue weighted by molar-refractivity contribution is 6.31. The van der Waals surface area contributed by atoms with Gasteiger partial charge in [0.05, 0.1) is 6.61 Å². The van der Waals surface area contributed by atoms with Crippen LogP contribution < -0.4 is 4.74 Å². The van der Waals surface area contributed by atoms with Crippen molar-refractivity contribution in [3.05, 3.63) is 28.3 Å². The predicted molar refractivity (Wildman–Crippen MR) is 50.1 cm³/mol. The Kier molecular flexibility index (Phi) is 1.76. The quantitative estimate of drug-likeness (QED) is 0.599. The molecule has 0 aliphatic carbocycles. The van der Waals surface area contributed by atoms with Crippen molar-refractivity contribution in [1.82, 2.24) is 0 Å². The minimum Gasteiger partial charge on any atom is -0.493 e. The van der Waals surface area contributed by atoms with Crippen LogP contribution in [0.25, 0.3) is 0 Å². The number of ether oxygens (including phenoxy) is 1. The fourth-order valence-electron chi connectivity index (χ4n) is 1.71. The summed E-state index contributed by atoms with van der Waals surface area (Å²) in [5.74, 6) is 1.49. The second-order valence-corrected chi connectivity index (χ2v) is 3.70. The first-order chi connectivity index (χ1) is 5.70. The van der Waals surface area contributed by atoms with E-state index < -0.39 is 0 Å². The van der Waals surface area contributed by atoms with Gasteiger partial charge >= 0.3 is 0 Å². The number of fused-ring (bicyclic) bond motifs is 1. The molecule has 0 saturated carbocycles. The van der Waals surface area contributed by atoms with Crippen LogP contribution in [-0.4, -0.2) is 6.61 Å². The van der Waals surface area contributed by atoms with Gasteiger partial charge in [-0.25, -0.2) is 0 Å². The summed E-state index contributed by atoms with van der Waals surface area (Å²) in [5, 5.41) is 0.839. The highest BCUT2D eigenvalue weighted by atomic mass is 35.5. The van der Waals surface area contributed by atoms with E-state index in [1.165, 1.54) is 11.1 Å². The van der Waals surface area contributed by atoms with E-state index in [4.69, 9.17) is 16.3 Å². The van der Waals surface area contributed by atoms with Crippen molar-refractivity contribution in [2.24, 2.45) is 0 Å². The van der Waals surface area contributed by atoms with Crippen LogP contribution in [0.3, 0.4) is 0 Å². The molecule has 1 heterocycles. The lowest BCUT2D eigenvalue weighted by Crippen LogP contribution is -1.95. The molecule has 1 aliphatic rings. The van der Waals surface area contributed by atoms with E-state index in [-0.39, 0.29) is 0 Å². The smallest absolute Gasteiger partial charge is 0.123 e. The van der Waals surface area contributed by atoms with E-state index in [1.807, 2.05) is 19.1 Å². The highest BCUT2D eigenvalue weighted by Gasteiger charge is 2.22. The summed E-state index contributed by atoms with van der Waals surface area (Å²) in [4.78, 5) is 0. The summed E-state index contributed by atoms with van der Waals surface area (Å²) < 4.78 is 5.49. The summed E-state index contributed by atoms with van der Waals surface area (Å²) >= 11 is 6.00. The second-order valence-electron chi connectivity index (χ2n) is 3.30. The Morgan fingerprint density at radius 2 is 2.25 bits per heavy atom. The van der Waals surface area contributed by atoms with Gasteiger partial charge < -0.3 is 4.74 Å². The molecular formula is C10H11ClO. The molecule has 0 spiro atoms. The molecule has 2 rings (SSSR count). The van der Waals surface area contributed by atoms with Crippen molar-refractivity contribution in [3.8, 4) is 5.75 Å². The van der Waals surface area contributed by atoms with E-state index in [2.05, 4.69) is 6.92 Å². The predicted octanol–water partition coefficient (Wildman–Crippen LogP) is 3.14. The Labute approximate surface area is 77.3 Å². The molecule has 12 heavy (non-hydrogen) atoms. The molecule has 64 valence electrons. The van der Waals surface area contributed by atoms with Crippen LogP contribution in [0.15, 0.2) is 12.1 Å². The average Bonchev–Trinajstić information content (AvgIpc) is 2.41. The summed E-state index contributed by atoms with van der Waals surface area (Å²) in [6.07, 6.45) is 0. The first kappa shape index (κ1) is 7.93. The van der Waals surface area contributed by atoms with Gasteiger partial charge in [-0.3, -0.25) is 0 Å². The van der Waals surface area contributed by atoms with Gasteiger partial charge in [0.2, 0.25) is 0 Å². The van der Waals surface area contributed by atoms with Crippen molar-refractivity contribution >= 4 is 11.6 Å². The molecule has 0 amide bonds. The van der Waals surface area contributed by atoms with Crippen LogP contribution in [0.4, 0.5) is 0 Å². The van der Waals surface area contributed by atoms with Crippen LogP contribution in [0.1, 0.15) is 24.0 Å². The van der Waals surface area contributed by atoms with Crippen LogP contribution in [0, 0.1) is 6.92 Å². The third kappa shape index (κ3) is 1.00. The molecule has 0 fully saturated rings. The zero-order valence-corrected chi connectivity index (χ0v) is 7.98. The summed E-state index contributed by atoms with van der Waals surface area (Å²) in [5.41, 5.74) is 2.45. The van der Waals surface area contributed by atoms with Crippen molar-refractivity contribution in [1.29, 1.82) is 0 Å². The topological polar surface area (TPSA) is 9.23 Å². The SMILES string of the molecule is Cc1c(Cl)ccc2c1C(C)CO2. The molecule has 0 bridgehead atoms. The minimum absolute atomic E-state index is 0.485. The molecule has 0 N–H and O–H groups in total. The maximum absolute atomic E-state index is 6.00. The van der Waals surface area contributed by atoms with Crippen LogP contribution >= 0.6 is 11.6 Å². The van der Waals surface area contributed by atoms with Crippen LogP contribution in [0.5, 0.6) is 5.75 Å². The Morgan fingerprint density at radius 1 is 1.50 bits per heavy atom. The minimum atomic E-state index is 0.485. The van der Waals surface area contributed by atoms with Gasteiger partial charge in [-0.05, 0) is 24.6 Å². The van der Waals surface area contributed by atoms with Gasteiger partial charge in [-0.2, -0.15) is 0 Å². The maximum atomic E-state index is 6.00. The van der Waals surface area contributed by atoms with Crippen molar-refractivity contribution in [2.75, 3.05) is 6.61 Å². The number of halogens is 1. The molecule has 1 nitrogen and oxygen atoms in total. The fraction of sp³-hybridized carbons (Fsp3) is 0.400. The Hall–Kier alpha value is -0.690. The zero-order chi connectivity index (χ0) is 8.72. The molecule has 1 aromatic carbocycles. The Balaban J connectivity index is 2.63. The van der Waals surface area contributed by atoms with Gasteiger partial charge in [0.25, 0.3) is 0 Å². The summed E-state index contributed by atoms with van der Waals surface area (Å²) in [6.45, 7) is 5.00. The molecule has 0 radical (unpaired) electrons. The second kappa shape index (κ2) is 2.67. The first-order valence-electron chi connectivity index (χ1n) is 4.12. The summed E-state index contributed by atoms with van der Waals surface area (Å²) in [7, 11) is 0. The van der Waals surface area contributed by atoms with Gasteiger partial charge in [0, 0.05) is 16.5 Å². The van der Waals surface area contributed by atoms with E-state index >= 15 is 0 Å². The number of hydrogen-bond acceptors (Lipinski definition) is 1. The molecular weight excluding hydrogens is 172 g/mol. The van der Waals surface area contributed by atoms with Gasteiger partial charge in [-0.1, -0.05) is 18.5 Å². The molecule has 1 atom stereocenters. The molecule has 0 saturated heterocycles. The number of benzene rings is 1. The number of rotatable bonds is 0. The van der Waals surface area contributed by atoms with Crippen molar-refractivity contribution < 1.29 is 4.74 Å². The van der Waals surface area contributed by atoms with E-state index in [1.54, 1.807) is 0 Å². The normalized spacial score (nSPS) is 20.4. The Bertz CT molecular complexity index is 320. The van der Waals surface area contributed by atoms with Gasteiger partial charge in [0.1, 0.15) is 5.75 Å². The first-order valence-corrected chi connectivity index (χ1v) is 4.49. The standard InChI is InChI=1S/C10H11ClO/c1-6-5-12-9-4-3-8(11)7(2)10(6)9/h3-4,6H,5H2,1-2H3. The van der Waals surface area contributed by atoms with E-state index in [9.17, 15) is 0 Å². The van der Waals surface area contributed by atoms with Crippen molar-refractivity contribution in [3.63, 3.8) is 0 Å². The molecule has 1 unspecified atom stereocenters. The number of hydrogen-bond donors (Lipinski definition) is 0. The zero-order valence-electron chi connectivity index (χ0n) is 7.23. The molecule has 0 aromatic heterocycles. The van der Waals surface area contributed by atoms with Crippen LogP contribution in [0.2, 0.25) is 5.02 Å². The molecule has 1 aromatic rings. The summed E-state index contributed by atoms with van der Waals surface area (Å²) in [6, 6.07) is 3.85. The molecule has 2 heteroatoms. The third-order valence-corrected chi connectivity index (χ3v) is 2.80. The monoisotopic (exact) mass is 182 g/mol. The maximum Gasteiger partial charge on any atom is 0.123 e. The fourth-order valence-corrected chi connectivity index (χ4v) is 1.88. The lowest BCUT2D eigenvalue weighted by molar-refractivity contribution is 0.337. The Morgan fingerprint density at radius 3 is 3.00 bits per heavy atom. The average molecular weight is 183 g/mol. The van der Waals surface area contributed by atoms with E-state index in [0.717, 1.165) is 17.4 Å². The van der Waals surface area contributed by atoms with E-state index in [0.29, 0.717) is 5.92 Å². The highest BCUT2D eigenvalue weighted by Crippen LogP contribution is 2.38. The lowest BCUT2D eigenvalue weighted by atomic mass is 9.98. The van der Waals surface area contributed by atoms with Gasteiger partial charge in [0.15, 0.2) is 0 Å². The lowest BCUT2D eigenvalue weighted by Gasteiger charge is -2.06. The van der Waals surface area contributed by atoms with Crippen LogP contribution in [-0.2, 0) is 0 Å². The van der Waals surface area contributed by atoms with Crippen molar-refractivity contribution in [2.45, 2.75) is 19.8 Å².